The zero-order valence-electron chi connectivity index (χ0n) is 25.2. The van der Waals surface area contributed by atoms with Gasteiger partial charge in [0.25, 0.3) is 0 Å². The van der Waals surface area contributed by atoms with Crippen LogP contribution < -0.4 is 25.4 Å². The Morgan fingerprint density at radius 3 is 2.44 bits per heavy atom. The highest BCUT2D eigenvalue weighted by Gasteiger charge is 2.45. The fourth-order valence-electron chi connectivity index (χ4n) is 5.87. The summed E-state index contributed by atoms with van der Waals surface area (Å²) in [6, 6.07) is 11.0. The van der Waals surface area contributed by atoms with Crippen molar-refractivity contribution in [3.8, 4) is 22.8 Å². The lowest BCUT2D eigenvalue weighted by molar-refractivity contribution is -0.198. The fraction of sp³-hybridized carbons (Fsp3) is 0.469. The predicted octanol–water partition coefficient (Wildman–Crippen LogP) is 5.85. The van der Waals surface area contributed by atoms with Crippen LogP contribution in [0.2, 0.25) is 0 Å². The molecule has 2 aromatic carbocycles. The average molecular weight is 632 g/mol. The van der Waals surface area contributed by atoms with Crippen LogP contribution in [-0.2, 0) is 9.53 Å². The smallest absolute Gasteiger partial charge is 0.429 e. The molecule has 13 heteroatoms. The van der Waals surface area contributed by atoms with E-state index in [4.69, 9.17) is 19.9 Å². The quantitative estimate of drug-likeness (QED) is 0.210. The number of piperidine rings is 1. The summed E-state index contributed by atoms with van der Waals surface area (Å²) < 4.78 is 73.2. The highest BCUT2D eigenvalue weighted by Crippen LogP contribution is 2.42. The number of benzene rings is 2. The molecule has 45 heavy (non-hydrogen) atoms. The van der Waals surface area contributed by atoms with Gasteiger partial charge in [-0.05, 0) is 61.3 Å². The molecule has 2 fully saturated rings. The number of aromatic nitrogens is 2. The molecule has 2 aliphatic heterocycles. The first-order chi connectivity index (χ1) is 21.5. The van der Waals surface area contributed by atoms with Crippen LogP contribution in [0.5, 0.6) is 11.6 Å². The number of alkyl halides is 3. The van der Waals surface area contributed by atoms with Crippen LogP contribution in [-0.4, -0.2) is 61.0 Å². The molecular formula is C32H37F4N5O4. The third-order valence-electron chi connectivity index (χ3n) is 8.26. The SMILES string of the molecule is CCCOc1ccc(-c2ccc([C@@H](Oc3cc(N4CCC5(CC4)CN[C@H](C(=O)OCC)C5)nc(N)n3)C(F)(F)F)cc2)cc1F. The number of ether oxygens (including phenoxy) is 3. The van der Waals surface area contributed by atoms with Gasteiger partial charge in [-0.3, -0.25) is 4.79 Å². The topological polar surface area (TPSA) is 112 Å². The van der Waals surface area contributed by atoms with Gasteiger partial charge in [-0.15, -0.1) is 0 Å². The van der Waals surface area contributed by atoms with Gasteiger partial charge >= 0.3 is 12.1 Å². The second-order valence-corrected chi connectivity index (χ2v) is 11.5. The van der Waals surface area contributed by atoms with Crippen molar-refractivity contribution >= 4 is 17.7 Å². The lowest BCUT2D eigenvalue weighted by Crippen LogP contribution is -2.41. The molecule has 3 aromatic rings. The van der Waals surface area contributed by atoms with Gasteiger partial charge in [-0.1, -0.05) is 37.3 Å². The molecule has 2 atom stereocenters. The number of hydrogen-bond donors (Lipinski definition) is 2. The molecule has 0 saturated carbocycles. The Hall–Kier alpha value is -4.13. The van der Waals surface area contributed by atoms with Crippen LogP contribution in [0.3, 0.4) is 0 Å². The van der Waals surface area contributed by atoms with Crippen molar-refractivity contribution in [2.24, 2.45) is 5.41 Å². The molecule has 3 N–H and O–H groups in total. The van der Waals surface area contributed by atoms with Crippen LogP contribution in [0.1, 0.15) is 51.2 Å². The molecule has 2 saturated heterocycles. The average Bonchev–Trinajstić information content (AvgIpc) is 3.42. The molecule has 1 spiro atoms. The summed E-state index contributed by atoms with van der Waals surface area (Å²) in [6.07, 6.45) is -4.19. The Balaban J connectivity index is 1.28. The van der Waals surface area contributed by atoms with Gasteiger partial charge in [0.1, 0.15) is 11.9 Å². The maximum Gasteiger partial charge on any atom is 0.429 e. The Kier molecular flexibility index (Phi) is 9.66. The van der Waals surface area contributed by atoms with E-state index < -0.39 is 18.1 Å². The summed E-state index contributed by atoms with van der Waals surface area (Å²) in [4.78, 5) is 22.3. The van der Waals surface area contributed by atoms with E-state index >= 15 is 0 Å². The van der Waals surface area contributed by atoms with Crippen molar-refractivity contribution in [1.29, 1.82) is 0 Å². The van der Waals surface area contributed by atoms with Crippen molar-refractivity contribution < 1.29 is 36.6 Å². The fourth-order valence-corrected chi connectivity index (χ4v) is 5.87. The van der Waals surface area contributed by atoms with Gasteiger partial charge in [0, 0.05) is 31.3 Å². The Bertz CT molecular complexity index is 1480. The van der Waals surface area contributed by atoms with E-state index in [1.807, 2.05) is 11.8 Å². The summed E-state index contributed by atoms with van der Waals surface area (Å²) >= 11 is 0. The number of anilines is 2. The number of halogens is 4. The molecule has 5 rings (SSSR count). The molecule has 2 aliphatic rings. The summed E-state index contributed by atoms with van der Waals surface area (Å²) in [5, 5.41) is 3.26. The summed E-state index contributed by atoms with van der Waals surface area (Å²) in [5.74, 6) is -0.839. The largest absolute Gasteiger partial charge is 0.491 e. The molecular weight excluding hydrogens is 594 g/mol. The van der Waals surface area contributed by atoms with Crippen molar-refractivity contribution in [3.05, 3.63) is 59.9 Å². The third kappa shape index (κ3) is 7.58. The first-order valence-corrected chi connectivity index (χ1v) is 15.1. The van der Waals surface area contributed by atoms with Crippen molar-refractivity contribution in [2.75, 3.05) is 43.5 Å². The number of carbonyl (C=O) groups excluding carboxylic acids is 1. The molecule has 0 amide bonds. The van der Waals surface area contributed by atoms with Crippen LogP contribution >= 0.6 is 0 Å². The number of esters is 1. The zero-order valence-corrected chi connectivity index (χ0v) is 25.2. The minimum absolute atomic E-state index is 0.0734. The molecule has 3 heterocycles. The van der Waals surface area contributed by atoms with E-state index in [9.17, 15) is 22.4 Å². The predicted molar refractivity (Wildman–Crippen MR) is 160 cm³/mol. The lowest BCUT2D eigenvalue weighted by atomic mass is 9.76. The van der Waals surface area contributed by atoms with Crippen molar-refractivity contribution in [2.45, 2.75) is 57.9 Å². The Morgan fingerprint density at radius 2 is 1.80 bits per heavy atom. The van der Waals surface area contributed by atoms with Crippen LogP contribution in [0.25, 0.3) is 11.1 Å². The summed E-state index contributed by atoms with van der Waals surface area (Å²) in [7, 11) is 0. The van der Waals surface area contributed by atoms with Crippen molar-refractivity contribution in [3.63, 3.8) is 0 Å². The van der Waals surface area contributed by atoms with E-state index in [1.54, 1.807) is 13.0 Å². The van der Waals surface area contributed by atoms with Gasteiger partial charge in [0.05, 0.1) is 13.2 Å². The maximum absolute atomic E-state index is 14.5. The molecule has 1 aromatic heterocycles. The van der Waals surface area contributed by atoms with E-state index in [-0.39, 0.29) is 40.6 Å². The number of rotatable bonds is 10. The summed E-state index contributed by atoms with van der Waals surface area (Å²) in [6.45, 7) is 6.21. The molecule has 0 aliphatic carbocycles. The van der Waals surface area contributed by atoms with Crippen LogP contribution in [0.4, 0.5) is 29.3 Å². The molecule has 242 valence electrons. The highest BCUT2D eigenvalue weighted by atomic mass is 19.4. The Labute approximate surface area is 259 Å². The van der Waals surface area contributed by atoms with Gasteiger partial charge in [0.15, 0.2) is 11.6 Å². The number of hydrogen-bond acceptors (Lipinski definition) is 9. The van der Waals surface area contributed by atoms with Crippen molar-refractivity contribution in [1.82, 2.24) is 15.3 Å². The Morgan fingerprint density at radius 1 is 1.09 bits per heavy atom. The zero-order chi connectivity index (χ0) is 32.2. The summed E-state index contributed by atoms with van der Waals surface area (Å²) in [5.41, 5.74) is 6.70. The first-order valence-electron chi connectivity index (χ1n) is 15.1. The standard InChI is InChI=1S/C32H37F4N5O4/c1-3-15-44-25-10-9-22(16-23(25)33)20-5-7-21(8-6-20)28(32(34,35)36)45-27-17-26(39-30(37)40-27)41-13-11-31(12-14-41)18-24(38-19-31)29(42)43-4-2/h5-10,16-17,24,28,38H,3-4,11-15,18-19H2,1-2H3,(H2,37,39,40)/t24-,28+/m0/s1. The van der Waals surface area contributed by atoms with Gasteiger partial charge in [-0.25, -0.2) is 4.39 Å². The van der Waals surface area contributed by atoms with E-state index in [0.717, 1.165) is 19.3 Å². The number of nitrogens with two attached hydrogens (primary N) is 1. The normalized spacial score (nSPS) is 18.5. The second kappa shape index (κ2) is 13.5. The number of nitrogens with one attached hydrogen (secondary N) is 1. The van der Waals surface area contributed by atoms with E-state index in [0.29, 0.717) is 56.2 Å². The van der Waals surface area contributed by atoms with E-state index in [1.165, 1.54) is 42.5 Å². The van der Waals surface area contributed by atoms with Gasteiger partial charge in [0.2, 0.25) is 17.9 Å². The molecule has 0 unspecified atom stereocenters. The minimum Gasteiger partial charge on any atom is -0.491 e. The van der Waals surface area contributed by atoms with Crippen LogP contribution in [0, 0.1) is 11.2 Å². The number of nitrogen functional groups attached to an aromatic ring is 1. The lowest BCUT2D eigenvalue weighted by Gasteiger charge is -2.39. The van der Waals surface area contributed by atoms with Crippen LogP contribution in [0.15, 0.2) is 48.5 Å². The maximum atomic E-state index is 14.5. The molecule has 0 radical (unpaired) electrons. The van der Waals surface area contributed by atoms with Gasteiger partial charge in [-0.2, -0.15) is 23.1 Å². The minimum atomic E-state index is -4.77. The van der Waals surface area contributed by atoms with Gasteiger partial charge < -0.3 is 30.2 Å². The monoisotopic (exact) mass is 631 g/mol. The first kappa shape index (κ1) is 32.3. The highest BCUT2D eigenvalue weighted by molar-refractivity contribution is 5.76. The number of nitrogens with zero attached hydrogens (tertiary/aromatic N) is 3. The second-order valence-electron chi connectivity index (χ2n) is 11.5. The number of carbonyl (C=O) groups is 1. The molecule has 9 nitrogen and oxygen atoms in total. The van der Waals surface area contributed by atoms with E-state index in [2.05, 4.69) is 15.3 Å². The molecule has 0 bridgehead atoms. The third-order valence-corrected chi connectivity index (χ3v) is 8.26.